The number of nitrogens with one attached hydrogen (secondary N) is 1. The van der Waals surface area contributed by atoms with Crippen LogP contribution in [0.2, 0.25) is 0 Å². The number of aromatic nitrogens is 2. The maximum absolute atomic E-state index is 15.3. The number of pyridine rings is 2. The second-order valence-corrected chi connectivity index (χ2v) is 10.5. The summed E-state index contributed by atoms with van der Waals surface area (Å²) in [5.41, 5.74) is 2.80. The number of aliphatic hydroxyl groups is 1. The first-order chi connectivity index (χ1) is 18.3. The van der Waals surface area contributed by atoms with E-state index in [2.05, 4.69) is 15.3 Å². The predicted molar refractivity (Wildman–Crippen MR) is 138 cm³/mol. The van der Waals surface area contributed by atoms with Crippen LogP contribution in [0.5, 0.6) is 11.6 Å². The van der Waals surface area contributed by atoms with Gasteiger partial charge in [0.25, 0.3) is 0 Å². The second-order valence-electron chi connectivity index (χ2n) is 10.5. The number of carbonyl (C=O) groups excluding carboxylic acids is 1. The maximum atomic E-state index is 15.3. The van der Waals surface area contributed by atoms with Gasteiger partial charge in [0.05, 0.1) is 42.9 Å². The topological polar surface area (TPSA) is 106 Å². The zero-order valence-corrected chi connectivity index (χ0v) is 21.5. The van der Waals surface area contributed by atoms with E-state index in [4.69, 9.17) is 14.2 Å². The third-order valence-corrected chi connectivity index (χ3v) is 8.12. The van der Waals surface area contributed by atoms with Crippen molar-refractivity contribution >= 4 is 22.6 Å². The molecule has 5 heterocycles. The lowest BCUT2D eigenvalue weighted by molar-refractivity contribution is -0.179. The highest BCUT2D eigenvalue weighted by Crippen LogP contribution is 2.43. The van der Waals surface area contributed by atoms with Gasteiger partial charge >= 0.3 is 5.97 Å². The zero-order valence-electron chi connectivity index (χ0n) is 21.5. The number of fused-ring (bicyclic) bond motifs is 5. The quantitative estimate of drug-likeness (QED) is 0.356. The van der Waals surface area contributed by atoms with Crippen LogP contribution in [0, 0.1) is 12.7 Å². The first-order valence-electron chi connectivity index (χ1n) is 13.0. The number of anilines is 1. The molecule has 1 atom stereocenters. The molecule has 4 aliphatic rings. The summed E-state index contributed by atoms with van der Waals surface area (Å²) in [4.78, 5) is 22.7. The Labute approximate surface area is 219 Å². The van der Waals surface area contributed by atoms with Crippen molar-refractivity contribution in [2.45, 2.75) is 63.4 Å². The summed E-state index contributed by atoms with van der Waals surface area (Å²) in [6.45, 7) is 2.77. The van der Waals surface area contributed by atoms with E-state index >= 15 is 4.39 Å². The number of hydrogen-bond acceptors (Lipinski definition) is 9. The number of halogens is 1. The fourth-order valence-electron chi connectivity index (χ4n) is 6.03. The lowest BCUT2D eigenvalue weighted by Gasteiger charge is -2.53. The maximum Gasteiger partial charge on any atom is 0.332 e. The number of ether oxygens (including phenoxy) is 3. The molecule has 1 aliphatic carbocycles. The molecule has 3 fully saturated rings. The first-order valence-corrected chi connectivity index (χ1v) is 13.0. The number of carbonyl (C=O) groups is 1. The molecule has 0 radical (unpaired) electrons. The molecule has 7 rings (SSSR count). The number of aryl methyl sites for hydroxylation is 1. The molecule has 2 N–H and O–H groups in total. The first kappa shape index (κ1) is 25.0. The van der Waals surface area contributed by atoms with Gasteiger partial charge < -0.3 is 24.6 Å². The number of nitrogens with zero attached hydrogens (tertiary/aromatic N) is 3. The van der Waals surface area contributed by atoms with Crippen molar-refractivity contribution < 1.29 is 28.5 Å². The fourth-order valence-corrected chi connectivity index (χ4v) is 6.03. The summed E-state index contributed by atoms with van der Waals surface area (Å²) in [6, 6.07) is 7.31. The van der Waals surface area contributed by atoms with E-state index < -0.39 is 23.6 Å². The number of aliphatic hydroxyl groups excluding tert-OH is 1. The van der Waals surface area contributed by atoms with Crippen molar-refractivity contribution in [3.8, 4) is 11.6 Å². The Morgan fingerprint density at radius 2 is 2.13 bits per heavy atom. The van der Waals surface area contributed by atoms with Crippen LogP contribution in [0.25, 0.3) is 10.9 Å². The molecule has 38 heavy (non-hydrogen) atoms. The summed E-state index contributed by atoms with van der Waals surface area (Å²) in [5.74, 6) is -0.0467. The van der Waals surface area contributed by atoms with Crippen molar-refractivity contribution in [2.24, 2.45) is 0 Å². The molecule has 2 saturated heterocycles. The predicted octanol–water partition coefficient (Wildman–Crippen LogP) is 3.49. The third-order valence-electron chi connectivity index (χ3n) is 8.12. The lowest BCUT2D eigenvalue weighted by Crippen LogP contribution is -2.62. The van der Waals surface area contributed by atoms with E-state index in [1.54, 1.807) is 13.2 Å². The molecule has 10 heteroatoms. The van der Waals surface area contributed by atoms with Gasteiger partial charge in [0.15, 0.2) is 0 Å². The Bertz CT molecular complexity index is 1380. The summed E-state index contributed by atoms with van der Waals surface area (Å²) >= 11 is 0. The Kier molecular flexibility index (Phi) is 6.41. The van der Waals surface area contributed by atoms with Gasteiger partial charge in [-0.3, -0.25) is 9.88 Å². The Morgan fingerprint density at radius 1 is 1.32 bits per heavy atom. The summed E-state index contributed by atoms with van der Waals surface area (Å²) in [5, 5.41) is 15.4. The number of esters is 1. The van der Waals surface area contributed by atoms with Gasteiger partial charge in [-0.15, -0.1) is 0 Å². The van der Waals surface area contributed by atoms with Crippen LogP contribution in [0.4, 0.5) is 10.1 Å². The van der Waals surface area contributed by atoms with Gasteiger partial charge in [0.1, 0.15) is 24.3 Å². The normalized spacial score (nSPS) is 23.2. The molecule has 200 valence electrons. The van der Waals surface area contributed by atoms with Crippen molar-refractivity contribution in [2.75, 3.05) is 25.6 Å². The van der Waals surface area contributed by atoms with E-state index in [-0.39, 0.29) is 31.5 Å². The average Bonchev–Trinajstić information content (AvgIpc) is 2.93. The summed E-state index contributed by atoms with van der Waals surface area (Å²) in [6.07, 6.45) is 4.03. The van der Waals surface area contributed by atoms with Crippen LogP contribution in [0.15, 0.2) is 30.5 Å². The zero-order chi connectivity index (χ0) is 26.4. The monoisotopic (exact) mass is 522 g/mol. The largest absolute Gasteiger partial charge is 0.497 e. The third kappa shape index (κ3) is 4.46. The van der Waals surface area contributed by atoms with Crippen LogP contribution in [0.1, 0.15) is 42.5 Å². The average molecular weight is 523 g/mol. The molecule has 0 spiro atoms. The highest BCUT2D eigenvalue weighted by molar-refractivity contribution is 5.86. The van der Waals surface area contributed by atoms with Crippen molar-refractivity contribution in [1.29, 1.82) is 0 Å². The van der Waals surface area contributed by atoms with E-state index in [0.29, 0.717) is 40.2 Å². The SMILES string of the molecule is COc1cc(C)c2ncc(F)c(CC(O)N(Cc3ccc4c(n3)OC(=O)CN4)C34CCC(CC3)OC4)c2c1. The minimum absolute atomic E-state index is 0.0458. The van der Waals surface area contributed by atoms with Gasteiger partial charge in [0.2, 0.25) is 5.88 Å². The van der Waals surface area contributed by atoms with Crippen molar-refractivity contribution in [3.05, 3.63) is 53.1 Å². The molecule has 1 unspecified atom stereocenters. The Hall–Kier alpha value is -3.34. The van der Waals surface area contributed by atoms with Crippen LogP contribution in [-0.4, -0.2) is 64.1 Å². The minimum atomic E-state index is -1.03. The molecule has 3 aliphatic heterocycles. The van der Waals surface area contributed by atoms with Gasteiger partial charge in [-0.05, 0) is 62.4 Å². The Balaban J connectivity index is 1.36. The van der Waals surface area contributed by atoms with Gasteiger partial charge in [-0.1, -0.05) is 0 Å². The van der Waals surface area contributed by atoms with Crippen LogP contribution >= 0.6 is 0 Å². The standard InChI is InChI=1S/C28H31FN4O5/c1-16-9-19(36-2)10-21-20(22(29)12-31-26(16)21)11-24(34)33(28-7-5-18(6-8-28)37-15-28)14-17-3-4-23-27(32-17)38-25(35)13-30-23/h3-4,9-10,12,18,24,30,34H,5-8,11,13-15H2,1-2H3. The van der Waals surface area contributed by atoms with E-state index in [9.17, 15) is 9.90 Å². The van der Waals surface area contributed by atoms with E-state index in [0.717, 1.165) is 31.2 Å². The summed E-state index contributed by atoms with van der Waals surface area (Å²) < 4.78 is 32.1. The number of methoxy groups -OCH3 is 1. The number of benzene rings is 1. The molecular weight excluding hydrogens is 491 g/mol. The smallest absolute Gasteiger partial charge is 0.332 e. The van der Waals surface area contributed by atoms with E-state index in [1.165, 1.54) is 6.20 Å². The molecule has 9 nitrogen and oxygen atoms in total. The summed E-state index contributed by atoms with van der Waals surface area (Å²) in [7, 11) is 1.57. The van der Waals surface area contributed by atoms with Crippen LogP contribution in [-0.2, 0) is 22.5 Å². The molecule has 0 amide bonds. The van der Waals surface area contributed by atoms with Crippen molar-refractivity contribution in [3.63, 3.8) is 0 Å². The highest BCUT2D eigenvalue weighted by Gasteiger charge is 2.47. The molecule has 3 aromatic rings. The van der Waals surface area contributed by atoms with Gasteiger partial charge in [-0.25, -0.2) is 14.2 Å². The van der Waals surface area contributed by atoms with Gasteiger partial charge in [0, 0.05) is 29.5 Å². The number of hydrogen-bond donors (Lipinski definition) is 2. The van der Waals surface area contributed by atoms with Gasteiger partial charge in [-0.2, -0.15) is 0 Å². The molecule has 2 aromatic heterocycles. The molecular formula is C28H31FN4O5. The molecule has 2 bridgehead atoms. The lowest BCUT2D eigenvalue weighted by atomic mass is 9.76. The minimum Gasteiger partial charge on any atom is -0.497 e. The van der Waals surface area contributed by atoms with Crippen LogP contribution < -0.4 is 14.8 Å². The van der Waals surface area contributed by atoms with Crippen molar-refractivity contribution in [1.82, 2.24) is 14.9 Å². The highest BCUT2D eigenvalue weighted by atomic mass is 19.1. The molecule has 1 saturated carbocycles. The van der Waals surface area contributed by atoms with Crippen LogP contribution in [0.3, 0.4) is 0 Å². The number of rotatable bonds is 7. The fraction of sp³-hybridized carbons (Fsp3) is 0.464. The second kappa shape index (κ2) is 9.76. The molecule has 1 aromatic carbocycles. The van der Waals surface area contributed by atoms with E-state index in [1.807, 2.05) is 30.0 Å². The Morgan fingerprint density at radius 3 is 2.87 bits per heavy atom.